The fourth-order valence-corrected chi connectivity index (χ4v) is 6.18. The van der Waals surface area contributed by atoms with Gasteiger partial charge in [-0.05, 0) is 36.4 Å². The zero-order valence-electron chi connectivity index (χ0n) is 24.1. The maximum absolute atomic E-state index is 13.1. The van der Waals surface area contributed by atoms with E-state index in [0.29, 0.717) is 23.7 Å². The molecular weight excluding hydrogens is 564 g/mol. The number of halogens is 1. The Kier molecular flexibility index (Phi) is 8.72. The highest BCUT2D eigenvalue weighted by molar-refractivity contribution is 6.33. The molecule has 0 saturated heterocycles. The number of carboxylic acids is 2. The van der Waals surface area contributed by atoms with Gasteiger partial charge in [0.1, 0.15) is 23.3 Å². The number of aromatic nitrogens is 2. The first-order chi connectivity index (χ1) is 19.7. The standard InChI is InChI=1S/C30H35ClN4O7/c1-29(2)27(30(3,4)28(29)42-18-8-10-22(32-5)21(31)16-18)33-24(36)23-11-13-35(34-23)12-6-14-41-17-7-9-19(25(37)38)20(15-17)26(39)40/h7-11,13,15-16,27-28,32H,6,12,14H2,1-5H3,(H,33,36)(H,37,38)(H,39,40)/t27-,28-. The number of carbonyl (C=O) groups is 3. The number of anilines is 1. The molecule has 1 fully saturated rings. The molecule has 1 aliphatic carbocycles. The number of rotatable bonds is 12. The predicted octanol–water partition coefficient (Wildman–Crippen LogP) is 5.06. The van der Waals surface area contributed by atoms with Gasteiger partial charge in [-0.3, -0.25) is 9.48 Å². The number of nitrogens with one attached hydrogen (secondary N) is 2. The third-order valence-corrected chi connectivity index (χ3v) is 8.02. The Morgan fingerprint density at radius 1 is 0.976 bits per heavy atom. The number of ether oxygens (including phenoxy) is 2. The van der Waals surface area contributed by atoms with Gasteiger partial charge in [-0.1, -0.05) is 39.3 Å². The van der Waals surface area contributed by atoms with Crippen LogP contribution in [0.5, 0.6) is 11.5 Å². The number of aryl methyl sites for hydroxylation is 1. The average Bonchev–Trinajstić information content (AvgIpc) is 3.41. The van der Waals surface area contributed by atoms with E-state index in [1.165, 1.54) is 18.2 Å². The lowest BCUT2D eigenvalue weighted by atomic mass is 9.49. The van der Waals surface area contributed by atoms with Crippen molar-refractivity contribution < 1.29 is 34.1 Å². The average molecular weight is 599 g/mol. The van der Waals surface area contributed by atoms with Crippen molar-refractivity contribution in [2.75, 3.05) is 19.0 Å². The highest BCUT2D eigenvalue weighted by atomic mass is 35.5. The molecule has 4 rings (SSSR count). The van der Waals surface area contributed by atoms with E-state index in [1.807, 2.05) is 12.1 Å². The van der Waals surface area contributed by atoms with Crippen LogP contribution in [-0.2, 0) is 6.54 Å². The van der Waals surface area contributed by atoms with Gasteiger partial charge in [0.05, 0.1) is 28.4 Å². The zero-order valence-corrected chi connectivity index (χ0v) is 24.9. The lowest BCUT2D eigenvalue weighted by Crippen LogP contribution is -2.74. The van der Waals surface area contributed by atoms with Gasteiger partial charge in [-0.2, -0.15) is 5.10 Å². The van der Waals surface area contributed by atoms with Crippen LogP contribution in [0, 0.1) is 10.8 Å². The summed E-state index contributed by atoms with van der Waals surface area (Å²) in [4.78, 5) is 35.7. The summed E-state index contributed by atoms with van der Waals surface area (Å²) in [6.45, 7) is 8.93. The monoisotopic (exact) mass is 598 g/mol. The van der Waals surface area contributed by atoms with Crippen LogP contribution < -0.4 is 20.1 Å². The normalized spacial score (nSPS) is 18.4. The van der Waals surface area contributed by atoms with E-state index < -0.39 is 11.9 Å². The number of amides is 1. The number of carbonyl (C=O) groups excluding carboxylic acids is 1. The summed E-state index contributed by atoms with van der Waals surface area (Å²) in [5.74, 6) is -2.03. The first-order valence-electron chi connectivity index (χ1n) is 13.5. The Labute approximate surface area is 248 Å². The minimum atomic E-state index is -1.35. The summed E-state index contributed by atoms with van der Waals surface area (Å²) in [6, 6.07) is 10.8. The van der Waals surface area contributed by atoms with E-state index in [-0.39, 0.29) is 58.1 Å². The van der Waals surface area contributed by atoms with Gasteiger partial charge in [0.15, 0.2) is 0 Å². The summed E-state index contributed by atoms with van der Waals surface area (Å²) < 4.78 is 13.6. The molecule has 12 heteroatoms. The highest BCUT2D eigenvalue weighted by Gasteiger charge is 2.64. The van der Waals surface area contributed by atoms with Crippen LogP contribution >= 0.6 is 11.6 Å². The Balaban J connectivity index is 1.30. The Hall–Kier alpha value is -4.25. The summed E-state index contributed by atoms with van der Waals surface area (Å²) >= 11 is 6.33. The maximum Gasteiger partial charge on any atom is 0.336 e. The molecule has 0 radical (unpaired) electrons. The molecule has 4 N–H and O–H groups in total. The van der Waals surface area contributed by atoms with E-state index in [2.05, 4.69) is 43.4 Å². The molecule has 1 amide bonds. The van der Waals surface area contributed by atoms with Crippen molar-refractivity contribution in [2.24, 2.45) is 10.8 Å². The van der Waals surface area contributed by atoms with Gasteiger partial charge in [0, 0.05) is 49.1 Å². The van der Waals surface area contributed by atoms with Gasteiger partial charge >= 0.3 is 11.9 Å². The largest absolute Gasteiger partial charge is 0.494 e. The SMILES string of the molecule is CNc1ccc(O[C@H]2C(C)(C)[C@H](NC(=O)c3ccn(CCCOc4ccc(C(=O)O)c(C(=O)O)c4)n3)C2(C)C)cc1Cl. The van der Waals surface area contributed by atoms with Gasteiger partial charge in [-0.15, -0.1) is 0 Å². The first kappa shape index (κ1) is 30.7. The van der Waals surface area contributed by atoms with E-state index in [4.69, 9.17) is 26.2 Å². The smallest absolute Gasteiger partial charge is 0.336 e. The Morgan fingerprint density at radius 2 is 1.64 bits per heavy atom. The van der Waals surface area contributed by atoms with Gasteiger partial charge in [-0.25, -0.2) is 9.59 Å². The molecule has 0 unspecified atom stereocenters. The number of benzene rings is 2. The van der Waals surface area contributed by atoms with E-state index in [1.54, 1.807) is 30.1 Å². The molecule has 1 saturated carbocycles. The zero-order chi connectivity index (χ0) is 30.8. The summed E-state index contributed by atoms with van der Waals surface area (Å²) in [7, 11) is 1.80. The molecule has 0 spiro atoms. The summed E-state index contributed by atoms with van der Waals surface area (Å²) in [5, 5.41) is 29.5. The van der Waals surface area contributed by atoms with E-state index in [9.17, 15) is 19.5 Å². The van der Waals surface area contributed by atoms with Crippen LogP contribution in [0.15, 0.2) is 48.7 Å². The molecule has 2 aromatic carbocycles. The van der Waals surface area contributed by atoms with E-state index in [0.717, 1.165) is 5.69 Å². The van der Waals surface area contributed by atoms with Crippen molar-refractivity contribution in [3.8, 4) is 11.5 Å². The lowest BCUT2D eigenvalue weighted by molar-refractivity contribution is -0.164. The van der Waals surface area contributed by atoms with Crippen LogP contribution in [0.1, 0.15) is 65.3 Å². The maximum atomic E-state index is 13.1. The summed E-state index contributed by atoms with van der Waals surface area (Å²) in [5.41, 5.74) is -0.275. The van der Waals surface area contributed by atoms with Gasteiger partial charge < -0.3 is 30.3 Å². The molecule has 0 atom stereocenters. The number of carboxylic acid groups (broad SMARTS) is 2. The molecule has 1 aliphatic rings. The molecule has 11 nitrogen and oxygen atoms in total. The molecule has 0 bridgehead atoms. The third kappa shape index (κ3) is 6.15. The number of hydrogen-bond donors (Lipinski definition) is 4. The second-order valence-electron chi connectivity index (χ2n) is 11.4. The third-order valence-electron chi connectivity index (χ3n) is 7.70. The quantitative estimate of drug-likeness (QED) is 0.210. The van der Waals surface area contributed by atoms with Crippen LogP contribution in [0.3, 0.4) is 0 Å². The number of aromatic carboxylic acids is 2. The highest BCUT2D eigenvalue weighted by Crippen LogP contribution is 2.55. The van der Waals surface area contributed by atoms with Crippen LogP contribution in [-0.4, -0.2) is 63.6 Å². The Morgan fingerprint density at radius 3 is 2.26 bits per heavy atom. The van der Waals surface area contributed by atoms with Crippen molar-refractivity contribution in [3.63, 3.8) is 0 Å². The van der Waals surface area contributed by atoms with Crippen molar-refractivity contribution in [2.45, 2.75) is 52.8 Å². The summed E-state index contributed by atoms with van der Waals surface area (Å²) in [6.07, 6.45) is 2.06. The fraction of sp³-hybridized carbons (Fsp3) is 0.400. The second-order valence-corrected chi connectivity index (χ2v) is 11.8. The molecule has 1 heterocycles. The topological polar surface area (TPSA) is 152 Å². The fourth-order valence-electron chi connectivity index (χ4n) is 5.91. The second kappa shape index (κ2) is 11.9. The van der Waals surface area contributed by atoms with Crippen LogP contribution in [0.4, 0.5) is 5.69 Å². The van der Waals surface area contributed by atoms with Crippen molar-refractivity contribution >= 4 is 35.1 Å². The lowest BCUT2D eigenvalue weighted by Gasteiger charge is -2.63. The Bertz CT molecular complexity index is 1480. The van der Waals surface area contributed by atoms with Crippen molar-refractivity contribution in [3.05, 3.63) is 70.5 Å². The molecule has 0 aliphatic heterocycles. The van der Waals surface area contributed by atoms with Gasteiger partial charge in [0.2, 0.25) is 0 Å². The molecule has 1 aromatic heterocycles. The van der Waals surface area contributed by atoms with Gasteiger partial charge in [0.25, 0.3) is 5.91 Å². The number of nitrogens with zero attached hydrogens (tertiary/aromatic N) is 2. The van der Waals surface area contributed by atoms with Crippen molar-refractivity contribution in [1.29, 1.82) is 0 Å². The number of hydrogen-bond acceptors (Lipinski definition) is 7. The predicted molar refractivity (Wildman–Crippen MR) is 157 cm³/mol. The van der Waals surface area contributed by atoms with Crippen molar-refractivity contribution in [1.82, 2.24) is 15.1 Å². The first-order valence-corrected chi connectivity index (χ1v) is 13.8. The molecular formula is C30H35ClN4O7. The molecule has 224 valence electrons. The molecule has 3 aromatic rings. The van der Waals surface area contributed by atoms with Crippen LogP contribution in [0.2, 0.25) is 5.02 Å². The van der Waals surface area contributed by atoms with Crippen LogP contribution in [0.25, 0.3) is 0 Å². The molecule has 42 heavy (non-hydrogen) atoms. The minimum Gasteiger partial charge on any atom is -0.494 e. The van der Waals surface area contributed by atoms with E-state index >= 15 is 0 Å². The minimum absolute atomic E-state index is 0.170.